The Hall–Kier alpha value is -4.33. The number of hydrogen-bond donors (Lipinski definition) is 3. The normalized spacial score (nSPS) is 12.6. The summed E-state index contributed by atoms with van der Waals surface area (Å²) in [5.74, 6) is 0. The second-order valence-corrected chi connectivity index (χ2v) is 8.71. The number of carbonyl (C=O) groups excluding carboxylic acids is 1. The molecule has 0 aliphatic heterocycles. The van der Waals surface area contributed by atoms with Crippen molar-refractivity contribution >= 4 is 23.2 Å². The maximum atomic E-state index is 11.8. The molecule has 0 fully saturated rings. The summed E-state index contributed by atoms with van der Waals surface area (Å²) in [6.07, 6.45) is -0.741. The van der Waals surface area contributed by atoms with Crippen molar-refractivity contribution in [2.45, 2.75) is 32.9 Å². The third-order valence-corrected chi connectivity index (χ3v) is 6.01. The molecule has 0 aliphatic rings. The zero-order valence-corrected chi connectivity index (χ0v) is 19.8. The SMILES string of the molecule is Cc1ccc(CC(CNC(N)=O)n2/c(=N\C(=O)O)n(Cc3ccc(C)cc3)c3ccccc32)cc1. The predicted octanol–water partition coefficient (Wildman–Crippen LogP) is 4.14. The van der Waals surface area contributed by atoms with E-state index in [1.165, 1.54) is 0 Å². The zero-order chi connectivity index (χ0) is 24.9. The average molecular weight is 472 g/mol. The molecule has 3 amide bonds. The number of primary amides is 1. The van der Waals surface area contributed by atoms with Gasteiger partial charge in [-0.25, -0.2) is 9.59 Å². The summed E-state index contributed by atoms with van der Waals surface area (Å²) in [4.78, 5) is 27.5. The molecule has 0 spiro atoms. The topological polar surface area (TPSA) is 115 Å². The third-order valence-electron chi connectivity index (χ3n) is 6.01. The minimum atomic E-state index is -1.29. The quantitative estimate of drug-likeness (QED) is 0.376. The van der Waals surface area contributed by atoms with Crippen LogP contribution in [0.5, 0.6) is 0 Å². The van der Waals surface area contributed by atoms with Crippen molar-refractivity contribution in [1.29, 1.82) is 0 Å². The summed E-state index contributed by atoms with van der Waals surface area (Å²) in [6, 6.07) is 23.0. The number of amides is 3. The lowest BCUT2D eigenvalue weighted by Gasteiger charge is -2.20. The lowest BCUT2D eigenvalue weighted by Crippen LogP contribution is -2.39. The van der Waals surface area contributed by atoms with E-state index in [0.717, 1.165) is 33.3 Å². The number of nitrogens with zero attached hydrogens (tertiary/aromatic N) is 3. The van der Waals surface area contributed by atoms with Crippen LogP contribution in [0.25, 0.3) is 11.0 Å². The van der Waals surface area contributed by atoms with E-state index in [0.29, 0.717) is 18.6 Å². The predicted molar refractivity (Wildman–Crippen MR) is 135 cm³/mol. The number of nitrogens with one attached hydrogen (secondary N) is 1. The van der Waals surface area contributed by atoms with Crippen molar-refractivity contribution in [3.63, 3.8) is 0 Å². The van der Waals surface area contributed by atoms with Gasteiger partial charge in [0.2, 0.25) is 5.62 Å². The van der Waals surface area contributed by atoms with Crippen LogP contribution in [-0.4, -0.2) is 32.9 Å². The fraction of sp³-hybridized carbons (Fsp3) is 0.222. The molecule has 1 heterocycles. The summed E-state index contributed by atoms with van der Waals surface area (Å²) < 4.78 is 3.80. The highest BCUT2D eigenvalue weighted by molar-refractivity contribution is 5.77. The molecule has 8 heteroatoms. The first kappa shape index (κ1) is 23.8. The van der Waals surface area contributed by atoms with Crippen LogP contribution in [0.3, 0.4) is 0 Å². The van der Waals surface area contributed by atoms with Gasteiger partial charge >= 0.3 is 12.1 Å². The Morgan fingerprint density at radius 3 is 2.06 bits per heavy atom. The molecule has 1 atom stereocenters. The number of carboxylic acid groups (broad SMARTS) is 1. The Balaban J connectivity index is 1.91. The number of hydrogen-bond acceptors (Lipinski definition) is 2. The lowest BCUT2D eigenvalue weighted by molar-refractivity contribution is 0.203. The molecule has 1 unspecified atom stereocenters. The van der Waals surface area contributed by atoms with E-state index >= 15 is 0 Å². The van der Waals surface area contributed by atoms with Gasteiger partial charge in [-0.15, -0.1) is 4.99 Å². The molecule has 0 radical (unpaired) electrons. The van der Waals surface area contributed by atoms with Gasteiger partial charge in [0.25, 0.3) is 0 Å². The van der Waals surface area contributed by atoms with Gasteiger partial charge in [0.1, 0.15) is 0 Å². The number of benzene rings is 3. The number of aromatic nitrogens is 2. The number of carbonyl (C=O) groups is 2. The first-order valence-corrected chi connectivity index (χ1v) is 11.4. The fourth-order valence-electron chi connectivity index (χ4n) is 4.30. The number of rotatable bonds is 7. The van der Waals surface area contributed by atoms with Gasteiger partial charge in [0.05, 0.1) is 23.6 Å². The van der Waals surface area contributed by atoms with Gasteiger partial charge in [-0.3, -0.25) is 0 Å². The summed E-state index contributed by atoms with van der Waals surface area (Å²) in [5.41, 5.74) is 11.7. The standard InChI is InChI=1S/C27H29N5O3/c1-18-7-11-20(12-8-18)15-22(16-29-25(28)33)32-24-6-4-3-5-23(24)31(26(32)30-27(34)35)17-21-13-9-19(2)10-14-21/h3-14,22H,15-17H2,1-2H3,(H,34,35)(H3,28,29,33)/b30-26-. The third kappa shape index (κ3) is 5.60. The van der Waals surface area contributed by atoms with E-state index in [9.17, 15) is 14.7 Å². The monoisotopic (exact) mass is 471 g/mol. The number of imidazole rings is 1. The number of fused-ring (bicyclic) bond motifs is 1. The second kappa shape index (κ2) is 10.3. The van der Waals surface area contributed by atoms with Gasteiger partial charge in [0.15, 0.2) is 0 Å². The molecular weight excluding hydrogens is 442 g/mol. The lowest BCUT2D eigenvalue weighted by atomic mass is 10.0. The Morgan fingerprint density at radius 2 is 1.49 bits per heavy atom. The van der Waals surface area contributed by atoms with E-state index in [1.54, 1.807) is 0 Å². The Morgan fingerprint density at radius 1 is 0.914 bits per heavy atom. The number of nitrogens with two attached hydrogens (primary N) is 1. The summed E-state index contributed by atoms with van der Waals surface area (Å²) in [7, 11) is 0. The Labute approximate surface area is 203 Å². The molecule has 180 valence electrons. The molecule has 4 rings (SSSR count). The molecule has 0 aliphatic carbocycles. The molecule has 0 saturated heterocycles. The van der Waals surface area contributed by atoms with E-state index in [4.69, 9.17) is 5.73 Å². The van der Waals surface area contributed by atoms with Crippen molar-refractivity contribution in [3.05, 3.63) is 101 Å². The van der Waals surface area contributed by atoms with Crippen molar-refractivity contribution in [2.24, 2.45) is 10.7 Å². The van der Waals surface area contributed by atoms with Crippen molar-refractivity contribution in [1.82, 2.24) is 14.5 Å². The van der Waals surface area contributed by atoms with Crippen LogP contribution in [0, 0.1) is 13.8 Å². The highest BCUT2D eigenvalue weighted by Crippen LogP contribution is 2.22. The van der Waals surface area contributed by atoms with Crippen LogP contribution in [0.2, 0.25) is 0 Å². The van der Waals surface area contributed by atoms with Crippen LogP contribution in [0.1, 0.15) is 28.3 Å². The van der Waals surface area contributed by atoms with Crippen LogP contribution < -0.4 is 16.7 Å². The second-order valence-electron chi connectivity index (χ2n) is 8.71. The number of urea groups is 1. The molecule has 1 aromatic heterocycles. The molecule has 0 saturated carbocycles. The molecule has 3 aromatic carbocycles. The van der Waals surface area contributed by atoms with E-state index in [2.05, 4.69) is 10.3 Å². The van der Waals surface area contributed by atoms with Gasteiger partial charge in [-0.1, -0.05) is 71.8 Å². The van der Waals surface area contributed by atoms with Gasteiger partial charge < -0.3 is 25.3 Å². The van der Waals surface area contributed by atoms with Crippen molar-refractivity contribution in [3.8, 4) is 0 Å². The summed E-state index contributed by atoms with van der Waals surface area (Å²) in [6.45, 7) is 4.71. The Bertz CT molecular complexity index is 1420. The fourth-order valence-corrected chi connectivity index (χ4v) is 4.30. The van der Waals surface area contributed by atoms with Crippen LogP contribution >= 0.6 is 0 Å². The first-order valence-electron chi connectivity index (χ1n) is 11.4. The largest absolute Gasteiger partial charge is 0.463 e. The van der Waals surface area contributed by atoms with Crippen molar-refractivity contribution < 1.29 is 14.7 Å². The van der Waals surface area contributed by atoms with Crippen molar-refractivity contribution in [2.75, 3.05) is 6.54 Å². The number of para-hydroxylation sites is 2. The molecular formula is C27H29N5O3. The highest BCUT2D eigenvalue weighted by Gasteiger charge is 2.21. The van der Waals surface area contributed by atoms with Crippen LogP contribution in [0.15, 0.2) is 77.8 Å². The van der Waals surface area contributed by atoms with E-state index in [1.807, 2.05) is 95.8 Å². The number of aryl methyl sites for hydroxylation is 2. The molecule has 4 N–H and O–H groups in total. The maximum absolute atomic E-state index is 11.8. The van der Waals surface area contributed by atoms with E-state index in [-0.39, 0.29) is 12.6 Å². The summed E-state index contributed by atoms with van der Waals surface area (Å²) >= 11 is 0. The minimum absolute atomic E-state index is 0.217. The van der Waals surface area contributed by atoms with Gasteiger partial charge in [-0.05, 0) is 43.5 Å². The molecule has 0 bridgehead atoms. The first-order chi connectivity index (χ1) is 16.8. The zero-order valence-electron chi connectivity index (χ0n) is 19.8. The molecule has 4 aromatic rings. The van der Waals surface area contributed by atoms with Crippen LogP contribution in [-0.2, 0) is 13.0 Å². The minimum Gasteiger partial charge on any atom is -0.463 e. The molecule has 35 heavy (non-hydrogen) atoms. The summed E-state index contributed by atoms with van der Waals surface area (Å²) in [5, 5.41) is 12.4. The van der Waals surface area contributed by atoms with Gasteiger partial charge in [-0.2, -0.15) is 0 Å². The average Bonchev–Trinajstić information content (AvgIpc) is 3.11. The van der Waals surface area contributed by atoms with Gasteiger partial charge in [0, 0.05) is 6.54 Å². The smallest absolute Gasteiger partial charge is 0.434 e. The van der Waals surface area contributed by atoms with E-state index < -0.39 is 12.1 Å². The Kier molecular flexibility index (Phi) is 7.01. The molecule has 8 nitrogen and oxygen atoms in total. The maximum Gasteiger partial charge on any atom is 0.434 e. The van der Waals surface area contributed by atoms with Crippen LogP contribution in [0.4, 0.5) is 9.59 Å². The highest BCUT2D eigenvalue weighted by atomic mass is 16.4.